The molecule has 1 aromatic heterocycles. The summed E-state index contributed by atoms with van der Waals surface area (Å²) in [5.41, 5.74) is 1.62. The van der Waals surface area contributed by atoms with Gasteiger partial charge in [-0.05, 0) is 18.6 Å². The molecule has 0 fully saturated rings. The fourth-order valence-corrected chi connectivity index (χ4v) is 1.99. The zero-order valence-corrected chi connectivity index (χ0v) is 11.6. The second kappa shape index (κ2) is 6.65. The van der Waals surface area contributed by atoms with Gasteiger partial charge < -0.3 is 10.0 Å². The molecule has 2 rings (SSSR count). The van der Waals surface area contributed by atoms with Gasteiger partial charge in [-0.2, -0.15) is 0 Å². The summed E-state index contributed by atoms with van der Waals surface area (Å²) < 4.78 is 1.41. The third-order valence-electron chi connectivity index (χ3n) is 3.03. The predicted molar refractivity (Wildman–Crippen MR) is 75.8 cm³/mol. The molecule has 0 aliphatic carbocycles. The lowest BCUT2D eigenvalue weighted by Gasteiger charge is -2.23. The molecule has 7 heteroatoms. The molecule has 0 aliphatic rings. The molecule has 1 aromatic carbocycles. The van der Waals surface area contributed by atoms with E-state index in [0.29, 0.717) is 5.69 Å². The van der Waals surface area contributed by atoms with Crippen molar-refractivity contribution in [3.05, 3.63) is 42.2 Å². The summed E-state index contributed by atoms with van der Waals surface area (Å²) >= 11 is 0. The fourth-order valence-electron chi connectivity index (χ4n) is 1.99. The van der Waals surface area contributed by atoms with Gasteiger partial charge in [0.15, 0.2) is 0 Å². The van der Waals surface area contributed by atoms with E-state index in [9.17, 15) is 9.59 Å². The van der Waals surface area contributed by atoms with Crippen LogP contribution in [0.1, 0.15) is 12.0 Å². The van der Waals surface area contributed by atoms with E-state index in [1.807, 2.05) is 25.1 Å². The summed E-state index contributed by atoms with van der Waals surface area (Å²) in [6.45, 7) is 2.02. The van der Waals surface area contributed by atoms with Crippen LogP contribution in [0.2, 0.25) is 0 Å². The zero-order chi connectivity index (χ0) is 15.2. The Morgan fingerprint density at radius 1 is 1.33 bits per heavy atom. The van der Waals surface area contributed by atoms with Gasteiger partial charge in [-0.15, -0.1) is 5.10 Å². The van der Waals surface area contributed by atoms with Crippen LogP contribution in [0.4, 0.5) is 5.69 Å². The molecule has 0 saturated carbocycles. The number of carboxylic acids is 1. The van der Waals surface area contributed by atoms with E-state index in [2.05, 4.69) is 10.3 Å². The van der Waals surface area contributed by atoms with Crippen molar-refractivity contribution < 1.29 is 14.7 Å². The summed E-state index contributed by atoms with van der Waals surface area (Å²) in [5, 5.41) is 16.3. The summed E-state index contributed by atoms with van der Waals surface area (Å²) in [7, 11) is 0. The Labute approximate surface area is 121 Å². The van der Waals surface area contributed by atoms with Gasteiger partial charge in [0.25, 0.3) is 0 Å². The molecular formula is C14H16N4O3. The molecule has 110 valence electrons. The zero-order valence-electron chi connectivity index (χ0n) is 11.6. The van der Waals surface area contributed by atoms with Gasteiger partial charge in [0, 0.05) is 18.4 Å². The number of aryl methyl sites for hydroxylation is 1. The van der Waals surface area contributed by atoms with Crippen LogP contribution >= 0.6 is 0 Å². The lowest BCUT2D eigenvalue weighted by Crippen LogP contribution is -2.36. The minimum atomic E-state index is -0.942. The van der Waals surface area contributed by atoms with Crippen LogP contribution in [-0.2, 0) is 16.1 Å². The summed E-state index contributed by atoms with van der Waals surface area (Å²) in [6, 6.07) is 7.37. The fraction of sp³-hybridized carbons (Fsp3) is 0.286. The van der Waals surface area contributed by atoms with E-state index < -0.39 is 5.97 Å². The average Bonchev–Trinajstić information content (AvgIpc) is 2.93. The lowest BCUT2D eigenvalue weighted by atomic mass is 10.1. The number of hydrogen-bond acceptors (Lipinski definition) is 4. The number of para-hydroxylation sites is 1. The van der Waals surface area contributed by atoms with Crippen LogP contribution in [-0.4, -0.2) is 38.5 Å². The first-order chi connectivity index (χ1) is 10.1. The van der Waals surface area contributed by atoms with Crippen molar-refractivity contribution in [1.29, 1.82) is 0 Å². The number of anilines is 1. The molecule has 0 atom stereocenters. The number of nitrogens with zero attached hydrogens (tertiary/aromatic N) is 4. The Balaban J connectivity index is 2.21. The van der Waals surface area contributed by atoms with Gasteiger partial charge in [-0.25, -0.2) is 4.68 Å². The molecule has 2 aromatic rings. The number of carbonyl (C=O) groups is 2. The predicted octanol–water partition coefficient (Wildman–Crippen LogP) is 1.09. The van der Waals surface area contributed by atoms with Crippen LogP contribution < -0.4 is 4.90 Å². The smallest absolute Gasteiger partial charge is 0.305 e. The van der Waals surface area contributed by atoms with Crippen molar-refractivity contribution in [2.45, 2.75) is 19.9 Å². The summed E-state index contributed by atoms with van der Waals surface area (Å²) in [4.78, 5) is 24.7. The molecule has 21 heavy (non-hydrogen) atoms. The first-order valence-corrected chi connectivity index (χ1v) is 6.50. The minimum Gasteiger partial charge on any atom is -0.481 e. The average molecular weight is 288 g/mol. The molecule has 1 amide bonds. The van der Waals surface area contributed by atoms with Gasteiger partial charge in [-0.1, -0.05) is 23.4 Å². The van der Waals surface area contributed by atoms with Crippen molar-refractivity contribution in [2.24, 2.45) is 0 Å². The van der Waals surface area contributed by atoms with Gasteiger partial charge in [0.2, 0.25) is 5.91 Å². The van der Waals surface area contributed by atoms with Crippen molar-refractivity contribution in [3.63, 3.8) is 0 Å². The summed E-state index contributed by atoms with van der Waals surface area (Å²) in [5.74, 6) is -1.17. The molecule has 1 N–H and O–H groups in total. The van der Waals surface area contributed by atoms with Crippen LogP contribution in [0.25, 0.3) is 0 Å². The number of aliphatic carboxylic acids is 1. The Bertz CT molecular complexity index is 625. The number of hydrogen-bond donors (Lipinski definition) is 1. The maximum atomic E-state index is 12.4. The molecule has 0 saturated heterocycles. The van der Waals surface area contributed by atoms with Crippen LogP contribution in [0.15, 0.2) is 36.7 Å². The second-order valence-electron chi connectivity index (χ2n) is 4.58. The van der Waals surface area contributed by atoms with Crippen LogP contribution in [0, 0.1) is 6.92 Å². The number of rotatable bonds is 6. The summed E-state index contributed by atoms with van der Waals surface area (Å²) in [6.07, 6.45) is 2.96. The van der Waals surface area contributed by atoms with E-state index in [-0.39, 0.29) is 25.4 Å². The van der Waals surface area contributed by atoms with Crippen molar-refractivity contribution >= 4 is 17.6 Å². The molecule has 0 radical (unpaired) electrons. The van der Waals surface area contributed by atoms with E-state index in [1.165, 1.54) is 15.8 Å². The van der Waals surface area contributed by atoms with Crippen molar-refractivity contribution in [1.82, 2.24) is 15.0 Å². The van der Waals surface area contributed by atoms with Gasteiger partial charge in [0.1, 0.15) is 6.54 Å². The number of amides is 1. The third kappa shape index (κ3) is 3.88. The highest BCUT2D eigenvalue weighted by Crippen LogP contribution is 2.20. The minimum absolute atomic E-state index is 0.0218. The maximum absolute atomic E-state index is 12.4. The highest BCUT2D eigenvalue weighted by atomic mass is 16.4. The van der Waals surface area contributed by atoms with Crippen molar-refractivity contribution in [2.75, 3.05) is 11.4 Å². The highest BCUT2D eigenvalue weighted by Gasteiger charge is 2.19. The monoisotopic (exact) mass is 288 g/mol. The second-order valence-corrected chi connectivity index (χ2v) is 4.58. The largest absolute Gasteiger partial charge is 0.481 e. The topological polar surface area (TPSA) is 88.3 Å². The number of aromatic nitrogens is 3. The van der Waals surface area contributed by atoms with Crippen LogP contribution in [0.3, 0.4) is 0 Å². The Hall–Kier alpha value is -2.70. The number of carbonyl (C=O) groups excluding carboxylic acids is 1. The number of carboxylic acid groups (broad SMARTS) is 1. The molecule has 0 aliphatic heterocycles. The van der Waals surface area contributed by atoms with Gasteiger partial charge in [0.05, 0.1) is 12.6 Å². The molecule has 1 heterocycles. The lowest BCUT2D eigenvalue weighted by molar-refractivity contribution is -0.136. The SMILES string of the molecule is Cc1ccccc1N(CCC(=O)O)C(=O)Cn1ccnn1. The van der Waals surface area contributed by atoms with Crippen molar-refractivity contribution in [3.8, 4) is 0 Å². The normalized spacial score (nSPS) is 10.3. The highest BCUT2D eigenvalue weighted by molar-refractivity contribution is 5.94. The van der Waals surface area contributed by atoms with Gasteiger partial charge >= 0.3 is 5.97 Å². The van der Waals surface area contributed by atoms with E-state index in [0.717, 1.165) is 5.56 Å². The van der Waals surface area contributed by atoms with E-state index in [4.69, 9.17) is 5.11 Å². The number of benzene rings is 1. The molecule has 7 nitrogen and oxygen atoms in total. The third-order valence-corrected chi connectivity index (χ3v) is 3.03. The Kier molecular flexibility index (Phi) is 4.65. The maximum Gasteiger partial charge on any atom is 0.305 e. The molecule has 0 spiro atoms. The molecular weight excluding hydrogens is 272 g/mol. The Morgan fingerprint density at radius 2 is 2.10 bits per heavy atom. The first-order valence-electron chi connectivity index (χ1n) is 6.50. The van der Waals surface area contributed by atoms with E-state index >= 15 is 0 Å². The molecule has 0 bridgehead atoms. The van der Waals surface area contributed by atoms with E-state index in [1.54, 1.807) is 12.3 Å². The van der Waals surface area contributed by atoms with Crippen LogP contribution in [0.5, 0.6) is 0 Å². The first kappa shape index (κ1) is 14.7. The quantitative estimate of drug-likeness (QED) is 0.859. The Morgan fingerprint density at radius 3 is 2.71 bits per heavy atom. The molecule has 0 unspecified atom stereocenters. The standard InChI is InChI=1S/C14H16N4O3/c1-11-4-2-3-5-12(11)18(8-6-14(20)21)13(19)10-17-9-7-15-16-17/h2-5,7,9H,6,8,10H2,1H3,(H,20,21). The van der Waals surface area contributed by atoms with Gasteiger partial charge in [-0.3, -0.25) is 9.59 Å².